The third-order valence-electron chi connectivity index (χ3n) is 4.30. The Bertz CT molecular complexity index is 1100. The number of thiazole rings is 1. The normalized spacial score (nSPS) is 11.1. The molecule has 1 aromatic heterocycles. The summed E-state index contributed by atoms with van der Waals surface area (Å²) in [6.07, 6.45) is 0. The molecule has 1 N–H and O–H groups in total. The number of ether oxygens (including phenoxy) is 3. The highest BCUT2D eigenvalue weighted by Gasteiger charge is 2.17. The van der Waals surface area contributed by atoms with Gasteiger partial charge in [-0.15, -0.1) is 11.3 Å². The average molecular weight is 428 g/mol. The summed E-state index contributed by atoms with van der Waals surface area (Å²) in [5.74, 6) is 1.45. The molecule has 0 aliphatic heterocycles. The number of nitrogens with zero attached hydrogens (tertiary/aromatic N) is 3. The van der Waals surface area contributed by atoms with Gasteiger partial charge in [0.25, 0.3) is 0 Å². The molecule has 0 radical (unpaired) electrons. The van der Waals surface area contributed by atoms with Gasteiger partial charge in [-0.3, -0.25) is 15.5 Å². The van der Waals surface area contributed by atoms with Crippen molar-refractivity contribution < 1.29 is 19.1 Å². The van der Waals surface area contributed by atoms with Gasteiger partial charge in [-0.05, 0) is 37.3 Å². The molecule has 3 aromatic rings. The first-order valence-electron chi connectivity index (χ1n) is 8.77. The Morgan fingerprint density at radius 2 is 1.77 bits per heavy atom. The van der Waals surface area contributed by atoms with Gasteiger partial charge < -0.3 is 14.2 Å². The van der Waals surface area contributed by atoms with Crippen molar-refractivity contribution in [1.29, 1.82) is 0 Å². The first-order valence-corrected chi connectivity index (χ1v) is 9.65. The van der Waals surface area contributed by atoms with Crippen LogP contribution in [0.2, 0.25) is 0 Å². The molecule has 0 spiro atoms. The molecule has 0 amide bonds. The Morgan fingerprint density at radius 1 is 1.07 bits per heavy atom. The highest BCUT2D eigenvalue weighted by Crippen LogP contribution is 2.33. The lowest BCUT2D eigenvalue weighted by molar-refractivity contribution is -0.385. The van der Waals surface area contributed by atoms with Crippen LogP contribution in [-0.2, 0) is 0 Å². The summed E-state index contributed by atoms with van der Waals surface area (Å²) in [6, 6.07) is 10.2. The van der Waals surface area contributed by atoms with Gasteiger partial charge in [0.2, 0.25) is 5.13 Å². The van der Waals surface area contributed by atoms with Crippen molar-refractivity contribution in [2.24, 2.45) is 5.10 Å². The largest absolute Gasteiger partial charge is 0.493 e. The number of hydrogen-bond acceptors (Lipinski definition) is 9. The van der Waals surface area contributed by atoms with Crippen molar-refractivity contribution in [2.45, 2.75) is 6.92 Å². The molecule has 0 bridgehead atoms. The van der Waals surface area contributed by atoms with Crippen molar-refractivity contribution in [3.8, 4) is 28.5 Å². The van der Waals surface area contributed by atoms with E-state index in [2.05, 4.69) is 15.5 Å². The fraction of sp³-hybridized carbons (Fsp3) is 0.200. The van der Waals surface area contributed by atoms with Crippen LogP contribution < -0.4 is 19.6 Å². The summed E-state index contributed by atoms with van der Waals surface area (Å²) in [7, 11) is 4.55. The van der Waals surface area contributed by atoms with Gasteiger partial charge in [0.15, 0.2) is 17.2 Å². The van der Waals surface area contributed by atoms with E-state index in [-0.39, 0.29) is 11.4 Å². The van der Waals surface area contributed by atoms with Gasteiger partial charge in [0.05, 0.1) is 37.7 Å². The fourth-order valence-corrected chi connectivity index (χ4v) is 3.37. The first kappa shape index (κ1) is 21.1. The summed E-state index contributed by atoms with van der Waals surface area (Å²) >= 11 is 1.34. The lowest BCUT2D eigenvalue weighted by Gasteiger charge is -2.09. The number of rotatable bonds is 8. The van der Waals surface area contributed by atoms with E-state index in [0.29, 0.717) is 27.9 Å². The monoisotopic (exact) mass is 428 g/mol. The average Bonchev–Trinajstić information content (AvgIpc) is 3.25. The number of nitrogens with one attached hydrogen (secondary N) is 1. The highest BCUT2D eigenvalue weighted by molar-refractivity contribution is 7.14. The van der Waals surface area contributed by atoms with E-state index >= 15 is 0 Å². The van der Waals surface area contributed by atoms with Gasteiger partial charge in [0, 0.05) is 22.6 Å². The van der Waals surface area contributed by atoms with Crippen LogP contribution in [0.15, 0.2) is 46.9 Å². The standard InChI is InChI=1S/C20H20N4O5S/c1-12(13-5-8-18(28-3)19(10-13)29-4)22-23-20-21-15(11-30-20)14-6-7-17(27-2)16(9-14)24(25)26/h5-11H,1-4H3,(H,21,23)/b22-12-. The van der Waals surface area contributed by atoms with Gasteiger partial charge in [0.1, 0.15) is 0 Å². The van der Waals surface area contributed by atoms with Crippen LogP contribution in [0.25, 0.3) is 11.3 Å². The van der Waals surface area contributed by atoms with E-state index in [1.165, 1.54) is 24.5 Å². The lowest BCUT2D eigenvalue weighted by Crippen LogP contribution is -2.01. The second-order valence-corrected chi connectivity index (χ2v) is 6.92. The zero-order chi connectivity index (χ0) is 21.7. The van der Waals surface area contributed by atoms with Gasteiger partial charge in [-0.1, -0.05) is 0 Å². The maximum absolute atomic E-state index is 11.2. The fourth-order valence-electron chi connectivity index (χ4n) is 2.71. The summed E-state index contributed by atoms with van der Waals surface area (Å²) in [4.78, 5) is 15.2. The molecular formula is C20H20N4O5S. The van der Waals surface area contributed by atoms with E-state index in [9.17, 15) is 10.1 Å². The SMILES string of the molecule is COc1ccc(/C(C)=N\Nc2nc(-c3ccc(OC)c([N+](=O)[O-])c3)cs2)cc1OC. The number of methoxy groups -OCH3 is 3. The van der Waals surface area contributed by atoms with Crippen LogP contribution in [0.5, 0.6) is 17.2 Å². The van der Waals surface area contributed by atoms with Crippen LogP contribution in [0.4, 0.5) is 10.8 Å². The lowest BCUT2D eigenvalue weighted by atomic mass is 10.1. The molecule has 0 unspecified atom stereocenters. The van der Waals surface area contributed by atoms with E-state index in [1.54, 1.807) is 31.7 Å². The molecule has 0 saturated heterocycles. The second-order valence-electron chi connectivity index (χ2n) is 6.06. The van der Waals surface area contributed by atoms with Crippen LogP contribution in [0, 0.1) is 10.1 Å². The molecule has 3 rings (SSSR count). The minimum atomic E-state index is -0.482. The van der Waals surface area contributed by atoms with E-state index in [4.69, 9.17) is 14.2 Å². The van der Waals surface area contributed by atoms with Gasteiger partial charge in [-0.25, -0.2) is 4.98 Å². The number of benzene rings is 2. The van der Waals surface area contributed by atoms with E-state index in [1.807, 2.05) is 25.1 Å². The van der Waals surface area contributed by atoms with Crippen molar-refractivity contribution in [1.82, 2.24) is 4.98 Å². The zero-order valence-corrected chi connectivity index (χ0v) is 17.6. The highest BCUT2D eigenvalue weighted by atomic mass is 32.1. The number of anilines is 1. The molecule has 30 heavy (non-hydrogen) atoms. The number of nitro groups is 1. The third-order valence-corrected chi connectivity index (χ3v) is 5.04. The minimum Gasteiger partial charge on any atom is -0.493 e. The molecule has 0 aliphatic rings. The molecular weight excluding hydrogens is 408 g/mol. The molecule has 9 nitrogen and oxygen atoms in total. The van der Waals surface area contributed by atoms with Crippen LogP contribution >= 0.6 is 11.3 Å². The van der Waals surface area contributed by atoms with E-state index < -0.39 is 4.92 Å². The smallest absolute Gasteiger partial charge is 0.311 e. The molecule has 0 fully saturated rings. The Balaban J connectivity index is 1.79. The Morgan fingerprint density at radius 3 is 2.43 bits per heavy atom. The Labute approximate surface area is 177 Å². The molecule has 1 heterocycles. The summed E-state index contributed by atoms with van der Waals surface area (Å²) in [5, 5.41) is 18.0. The topological polar surface area (TPSA) is 108 Å². The van der Waals surface area contributed by atoms with Crippen LogP contribution in [0.3, 0.4) is 0 Å². The first-order chi connectivity index (χ1) is 14.5. The quantitative estimate of drug-likeness (QED) is 0.318. The van der Waals surface area contributed by atoms with Crippen molar-refractivity contribution >= 4 is 27.9 Å². The minimum absolute atomic E-state index is 0.111. The molecule has 156 valence electrons. The van der Waals surface area contributed by atoms with Crippen LogP contribution in [-0.4, -0.2) is 36.9 Å². The summed E-state index contributed by atoms with van der Waals surface area (Å²) < 4.78 is 15.6. The summed E-state index contributed by atoms with van der Waals surface area (Å²) in [6.45, 7) is 1.86. The van der Waals surface area contributed by atoms with Gasteiger partial charge >= 0.3 is 5.69 Å². The van der Waals surface area contributed by atoms with Gasteiger partial charge in [-0.2, -0.15) is 5.10 Å². The number of hydrogen-bond donors (Lipinski definition) is 1. The number of aromatic nitrogens is 1. The molecule has 0 atom stereocenters. The summed E-state index contributed by atoms with van der Waals surface area (Å²) in [5.41, 5.74) is 5.63. The second kappa shape index (κ2) is 9.23. The van der Waals surface area contributed by atoms with Crippen LogP contribution in [0.1, 0.15) is 12.5 Å². The Hall–Kier alpha value is -3.66. The predicted octanol–water partition coefficient (Wildman–Crippen LogP) is 4.58. The number of hydrazone groups is 1. The maximum Gasteiger partial charge on any atom is 0.311 e. The van der Waals surface area contributed by atoms with E-state index in [0.717, 1.165) is 11.3 Å². The molecule has 0 aliphatic carbocycles. The predicted molar refractivity (Wildman–Crippen MR) is 116 cm³/mol. The molecule has 2 aromatic carbocycles. The number of nitro benzene ring substituents is 1. The Kier molecular flexibility index (Phi) is 6.48. The molecule has 10 heteroatoms. The van der Waals surface area contributed by atoms with Crippen molar-refractivity contribution in [3.63, 3.8) is 0 Å². The van der Waals surface area contributed by atoms with Crippen molar-refractivity contribution in [2.75, 3.05) is 26.8 Å². The van der Waals surface area contributed by atoms with Crippen molar-refractivity contribution in [3.05, 3.63) is 57.5 Å². The maximum atomic E-state index is 11.2. The third kappa shape index (κ3) is 4.49. The molecule has 0 saturated carbocycles. The zero-order valence-electron chi connectivity index (χ0n) is 16.8.